The molecule has 1 saturated carbocycles. The fourth-order valence-corrected chi connectivity index (χ4v) is 3.27. The lowest BCUT2D eigenvalue weighted by Crippen LogP contribution is -2.48. The van der Waals surface area contributed by atoms with Crippen molar-refractivity contribution in [1.82, 2.24) is 4.90 Å². The van der Waals surface area contributed by atoms with E-state index in [2.05, 4.69) is 0 Å². The highest BCUT2D eigenvalue weighted by Crippen LogP contribution is 2.40. The second kappa shape index (κ2) is 5.14. The summed E-state index contributed by atoms with van der Waals surface area (Å²) in [6.07, 6.45) is 6.71. The lowest BCUT2D eigenvalue weighted by atomic mass is 9.87. The zero-order valence-corrected chi connectivity index (χ0v) is 12.3. The van der Waals surface area contributed by atoms with Gasteiger partial charge in [0.2, 0.25) is 0 Å². The van der Waals surface area contributed by atoms with Crippen LogP contribution < -0.4 is 0 Å². The molecule has 1 amide bonds. The number of rotatable bonds is 0. The van der Waals surface area contributed by atoms with E-state index < -0.39 is 5.60 Å². The summed E-state index contributed by atoms with van der Waals surface area (Å²) in [6.45, 7) is 5.82. The van der Waals surface area contributed by atoms with Crippen LogP contribution in [0.1, 0.15) is 65.7 Å². The van der Waals surface area contributed by atoms with Crippen LogP contribution in [0.25, 0.3) is 0 Å². The van der Waals surface area contributed by atoms with Crippen molar-refractivity contribution in [1.29, 1.82) is 0 Å². The highest BCUT2D eigenvalue weighted by Gasteiger charge is 2.48. The minimum atomic E-state index is -0.505. The van der Waals surface area contributed by atoms with E-state index in [1.165, 1.54) is 12.8 Å². The third-order valence-corrected chi connectivity index (χ3v) is 4.08. The monoisotopic (exact) mass is 267 g/mol. The van der Waals surface area contributed by atoms with Gasteiger partial charge < -0.3 is 4.74 Å². The molecular formula is C15H25NO3. The Bertz CT molecular complexity index is 362. The van der Waals surface area contributed by atoms with Crippen LogP contribution >= 0.6 is 0 Å². The lowest BCUT2D eigenvalue weighted by molar-refractivity contribution is -0.117. The molecule has 1 spiro atoms. The van der Waals surface area contributed by atoms with Gasteiger partial charge in [0, 0.05) is 6.42 Å². The van der Waals surface area contributed by atoms with Crippen molar-refractivity contribution in [3.8, 4) is 0 Å². The van der Waals surface area contributed by atoms with E-state index in [1.807, 2.05) is 20.8 Å². The van der Waals surface area contributed by atoms with Gasteiger partial charge in [-0.25, -0.2) is 4.79 Å². The van der Waals surface area contributed by atoms with Gasteiger partial charge in [0.1, 0.15) is 5.60 Å². The Balaban J connectivity index is 2.16. The summed E-state index contributed by atoms with van der Waals surface area (Å²) in [4.78, 5) is 25.9. The average Bonchev–Trinajstić information content (AvgIpc) is 2.44. The standard InChI is InChI=1S/C15H25NO3/c1-14(2,3)19-13(18)16-11-12(17)10-15(16)8-6-4-5-7-9-15/h4-11H2,1-3H3. The highest BCUT2D eigenvalue weighted by molar-refractivity contribution is 5.89. The summed E-state index contributed by atoms with van der Waals surface area (Å²) >= 11 is 0. The zero-order chi connectivity index (χ0) is 14.1. The Labute approximate surface area is 115 Å². The van der Waals surface area contributed by atoms with E-state index >= 15 is 0 Å². The van der Waals surface area contributed by atoms with Gasteiger partial charge in [-0.05, 0) is 33.6 Å². The van der Waals surface area contributed by atoms with Gasteiger partial charge in [-0.15, -0.1) is 0 Å². The molecule has 0 aromatic rings. The first-order chi connectivity index (χ1) is 8.82. The molecule has 108 valence electrons. The van der Waals surface area contributed by atoms with Crippen molar-refractivity contribution < 1.29 is 14.3 Å². The van der Waals surface area contributed by atoms with Gasteiger partial charge in [-0.1, -0.05) is 25.7 Å². The molecule has 0 bridgehead atoms. The predicted molar refractivity (Wildman–Crippen MR) is 73.0 cm³/mol. The summed E-state index contributed by atoms with van der Waals surface area (Å²) in [7, 11) is 0. The summed E-state index contributed by atoms with van der Waals surface area (Å²) in [5.74, 6) is 0.174. The first-order valence-electron chi connectivity index (χ1n) is 7.35. The molecule has 0 unspecified atom stereocenters. The molecule has 2 rings (SSSR count). The molecule has 1 aliphatic heterocycles. The van der Waals surface area contributed by atoms with E-state index in [1.54, 1.807) is 4.90 Å². The highest BCUT2D eigenvalue weighted by atomic mass is 16.6. The Morgan fingerprint density at radius 3 is 2.26 bits per heavy atom. The van der Waals surface area contributed by atoms with E-state index in [-0.39, 0.29) is 24.0 Å². The smallest absolute Gasteiger partial charge is 0.411 e. The van der Waals surface area contributed by atoms with Crippen molar-refractivity contribution in [3.05, 3.63) is 0 Å². The van der Waals surface area contributed by atoms with E-state index in [9.17, 15) is 9.59 Å². The molecule has 2 aliphatic rings. The van der Waals surface area contributed by atoms with Crippen LogP contribution in [0, 0.1) is 0 Å². The summed E-state index contributed by atoms with van der Waals surface area (Å²) in [6, 6.07) is 0. The maximum Gasteiger partial charge on any atom is 0.411 e. The van der Waals surface area contributed by atoms with Gasteiger partial charge in [-0.3, -0.25) is 9.69 Å². The quantitative estimate of drug-likeness (QED) is 0.676. The number of ketones is 1. The minimum Gasteiger partial charge on any atom is -0.444 e. The molecule has 0 radical (unpaired) electrons. The van der Waals surface area contributed by atoms with Gasteiger partial charge in [-0.2, -0.15) is 0 Å². The first-order valence-corrected chi connectivity index (χ1v) is 7.35. The van der Waals surface area contributed by atoms with Gasteiger partial charge in [0.05, 0.1) is 12.1 Å². The Morgan fingerprint density at radius 2 is 1.74 bits per heavy atom. The number of likely N-dealkylation sites (tertiary alicyclic amines) is 1. The molecule has 0 aromatic heterocycles. The number of hydrogen-bond acceptors (Lipinski definition) is 3. The normalized spacial score (nSPS) is 23.5. The topological polar surface area (TPSA) is 46.6 Å². The van der Waals surface area contributed by atoms with Gasteiger partial charge in [0.15, 0.2) is 5.78 Å². The van der Waals surface area contributed by atoms with Crippen LogP contribution in [0.15, 0.2) is 0 Å². The zero-order valence-electron chi connectivity index (χ0n) is 12.3. The fraction of sp³-hybridized carbons (Fsp3) is 0.867. The molecular weight excluding hydrogens is 242 g/mol. The molecule has 0 aromatic carbocycles. The van der Waals surface area contributed by atoms with Crippen LogP contribution in [0.5, 0.6) is 0 Å². The van der Waals surface area contributed by atoms with E-state index in [4.69, 9.17) is 4.74 Å². The van der Waals surface area contributed by atoms with Crippen LogP contribution in [0.4, 0.5) is 4.79 Å². The van der Waals surface area contributed by atoms with Crippen molar-refractivity contribution >= 4 is 11.9 Å². The number of nitrogens with zero attached hydrogens (tertiary/aromatic N) is 1. The number of hydrogen-bond donors (Lipinski definition) is 0. The number of Topliss-reactive ketones (excluding diaryl/α,β-unsaturated/α-hetero) is 1. The Hall–Kier alpha value is -1.06. The van der Waals surface area contributed by atoms with Crippen LogP contribution in [-0.4, -0.2) is 34.5 Å². The van der Waals surface area contributed by atoms with Crippen molar-refractivity contribution in [2.24, 2.45) is 0 Å². The summed E-state index contributed by atoms with van der Waals surface area (Å²) in [5, 5.41) is 0. The predicted octanol–water partition coefficient (Wildman–Crippen LogP) is 3.29. The van der Waals surface area contributed by atoms with Crippen molar-refractivity contribution in [2.75, 3.05) is 6.54 Å². The molecule has 19 heavy (non-hydrogen) atoms. The molecule has 0 atom stereocenters. The molecule has 0 N–H and O–H groups in total. The first kappa shape index (κ1) is 14.4. The maximum atomic E-state index is 12.3. The number of carbonyl (C=O) groups is 2. The summed E-state index contributed by atoms with van der Waals surface area (Å²) in [5.41, 5.74) is -0.759. The second-order valence-electron chi connectivity index (χ2n) is 6.92. The molecule has 4 nitrogen and oxygen atoms in total. The third-order valence-electron chi connectivity index (χ3n) is 4.08. The largest absolute Gasteiger partial charge is 0.444 e. The average molecular weight is 267 g/mol. The minimum absolute atomic E-state index is 0.174. The maximum absolute atomic E-state index is 12.3. The number of amides is 1. The Morgan fingerprint density at radius 1 is 1.16 bits per heavy atom. The SMILES string of the molecule is CC(C)(C)OC(=O)N1CC(=O)CC12CCCCCC2. The van der Waals surface area contributed by atoms with Crippen LogP contribution in [0.2, 0.25) is 0 Å². The molecule has 1 heterocycles. The van der Waals surface area contributed by atoms with E-state index in [0.29, 0.717) is 6.42 Å². The number of carbonyl (C=O) groups excluding carboxylic acids is 2. The Kier molecular flexibility index (Phi) is 3.88. The number of ether oxygens (including phenoxy) is 1. The fourth-order valence-electron chi connectivity index (χ4n) is 3.27. The van der Waals surface area contributed by atoms with Gasteiger partial charge in [0.25, 0.3) is 0 Å². The third kappa shape index (κ3) is 3.28. The van der Waals surface area contributed by atoms with Crippen LogP contribution in [0.3, 0.4) is 0 Å². The second-order valence-corrected chi connectivity index (χ2v) is 6.92. The lowest BCUT2D eigenvalue weighted by Gasteiger charge is -2.38. The molecule has 4 heteroatoms. The molecule has 1 saturated heterocycles. The van der Waals surface area contributed by atoms with E-state index in [0.717, 1.165) is 25.7 Å². The van der Waals surface area contributed by atoms with Crippen LogP contribution in [-0.2, 0) is 9.53 Å². The van der Waals surface area contributed by atoms with Crippen molar-refractivity contribution in [3.63, 3.8) is 0 Å². The van der Waals surface area contributed by atoms with Gasteiger partial charge >= 0.3 is 6.09 Å². The summed E-state index contributed by atoms with van der Waals surface area (Å²) < 4.78 is 5.47. The van der Waals surface area contributed by atoms with Crippen molar-refractivity contribution in [2.45, 2.75) is 76.9 Å². The molecule has 2 fully saturated rings. The molecule has 1 aliphatic carbocycles.